The van der Waals surface area contributed by atoms with Gasteiger partial charge in [-0.1, -0.05) is 32.9 Å². The highest BCUT2D eigenvalue weighted by Crippen LogP contribution is 2.30. The van der Waals surface area contributed by atoms with Gasteiger partial charge in [0.15, 0.2) is 0 Å². The molecule has 0 saturated heterocycles. The SMILES string of the molecule is Cc1cc(-c2ncnc3cc(-c4cnn(C)c4)[nH]c23)ccc1CNC(=O)c1cnc(C(C)(C)C)s1. The van der Waals surface area contributed by atoms with Crippen LogP contribution in [0.3, 0.4) is 0 Å². The lowest BCUT2D eigenvalue weighted by Gasteiger charge is -2.13. The molecule has 5 rings (SSSR count). The predicted octanol–water partition coefficient (Wildman–Crippen LogP) is 5.02. The standard InChI is InChI=1S/C26H27N7OS/c1-15-8-16(6-7-17(15)10-27-24(34)21-12-28-25(35-21)26(2,3)4)22-23-20(29-14-30-22)9-19(32-23)18-11-31-33(5)13-18/h6-9,11-14,32H,10H2,1-5H3,(H,27,34). The van der Waals surface area contributed by atoms with E-state index in [1.807, 2.05) is 44.6 Å². The van der Waals surface area contributed by atoms with E-state index in [1.54, 1.807) is 17.2 Å². The van der Waals surface area contributed by atoms with Crippen LogP contribution in [-0.4, -0.2) is 35.6 Å². The van der Waals surface area contributed by atoms with Crippen LogP contribution < -0.4 is 5.32 Å². The fraction of sp³-hybridized carbons (Fsp3) is 0.269. The van der Waals surface area contributed by atoms with Crippen LogP contribution in [0.4, 0.5) is 0 Å². The molecule has 178 valence electrons. The second-order valence-corrected chi connectivity index (χ2v) is 10.7. The molecule has 4 aromatic heterocycles. The molecule has 0 radical (unpaired) electrons. The number of thiazole rings is 1. The number of hydrogen-bond donors (Lipinski definition) is 2. The summed E-state index contributed by atoms with van der Waals surface area (Å²) in [5.74, 6) is -0.103. The summed E-state index contributed by atoms with van der Waals surface area (Å²) >= 11 is 1.44. The molecule has 0 aliphatic rings. The number of fused-ring (bicyclic) bond motifs is 1. The third-order valence-electron chi connectivity index (χ3n) is 5.86. The van der Waals surface area contributed by atoms with Gasteiger partial charge in [0.25, 0.3) is 5.91 Å². The number of carbonyl (C=O) groups is 1. The third kappa shape index (κ3) is 4.59. The van der Waals surface area contributed by atoms with E-state index in [2.05, 4.69) is 57.2 Å². The van der Waals surface area contributed by atoms with E-state index >= 15 is 0 Å². The Hall–Kier alpha value is -3.85. The summed E-state index contributed by atoms with van der Waals surface area (Å²) in [4.78, 5) is 30.1. The maximum atomic E-state index is 12.7. The number of H-pyrrole nitrogens is 1. The van der Waals surface area contributed by atoms with Crippen molar-refractivity contribution in [1.29, 1.82) is 0 Å². The second-order valence-electron chi connectivity index (χ2n) is 9.67. The van der Waals surface area contributed by atoms with Gasteiger partial charge in [-0.15, -0.1) is 11.3 Å². The Morgan fingerprint density at radius 1 is 1.11 bits per heavy atom. The number of aromatic nitrogens is 6. The maximum absolute atomic E-state index is 12.7. The molecule has 4 heterocycles. The Bertz CT molecular complexity index is 1540. The number of rotatable bonds is 5. The minimum absolute atomic E-state index is 0.0695. The number of amides is 1. The highest BCUT2D eigenvalue weighted by molar-refractivity contribution is 7.13. The summed E-state index contributed by atoms with van der Waals surface area (Å²) in [6, 6.07) is 8.18. The first-order valence-electron chi connectivity index (χ1n) is 11.4. The quantitative estimate of drug-likeness (QED) is 0.364. The highest BCUT2D eigenvalue weighted by Gasteiger charge is 2.20. The summed E-state index contributed by atoms with van der Waals surface area (Å²) in [7, 11) is 1.89. The number of carbonyl (C=O) groups excluding carboxylic acids is 1. The van der Waals surface area contributed by atoms with Crippen LogP contribution in [0.2, 0.25) is 0 Å². The van der Waals surface area contributed by atoms with E-state index in [0.717, 1.165) is 49.7 Å². The van der Waals surface area contributed by atoms with Gasteiger partial charge in [0.2, 0.25) is 0 Å². The van der Waals surface area contributed by atoms with Gasteiger partial charge < -0.3 is 10.3 Å². The van der Waals surface area contributed by atoms with E-state index in [0.29, 0.717) is 11.4 Å². The van der Waals surface area contributed by atoms with Crippen LogP contribution >= 0.6 is 11.3 Å². The Morgan fingerprint density at radius 2 is 1.94 bits per heavy atom. The summed E-state index contributed by atoms with van der Waals surface area (Å²) in [6.45, 7) is 8.77. The molecule has 2 N–H and O–H groups in total. The Kier molecular flexibility index (Phi) is 5.72. The number of benzene rings is 1. The van der Waals surface area contributed by atoms with Crippen LogP contribution in [0.1, 0.15) is 46.6 Å². The van der Waals surface area contributed by atoms with Crippen LogP contribution in [0.25, 0.3) is 33.5 Å². The molecule has 8 nitrogen and oxygen atoms in total. The molecule has 0 atom stereocenters. The van der Waals surface area contributed by atoms with Crippen LogP contribution in [0.5, 0.6) is 0 Å². The number of aromatic amines is 1. The van der Waals surface area contributed by atoms with Gasteiger partial charge in [0.1, 0.15) is 11.2 Å². The number of aryl methyl sites for hydroxylation is 2. The van der Waals surface area contributed by atoms with Crippen molar-refractivity contribution >= 4 is 28.3 Å². The smallest absolute Gasteiger partial charge is 0.263 e. The lowest BCUT2D eigenvalue weighted by Crippen LogP contribution is -2.22. The van der Waals surface area contributed by atoms with E-state index in [-0.39, 0.29) is 11.3 Å². The summed E-state index contributed by atoms with van der Waals surface area (Å²) in [6.07, 6.45) is 7.03. The topological polar surface area (TPSA) is 101 Å². The molecule has 1 amide bonds. The van der Waals surface area contributed by atoms with Crippen LogP contribution in [0.15, 0.2) is 49.2 Å². The minimum atomic E-state index is -0.103. The van der Waals surface area contributed by atoms with Gasteiger partial charge in [-0.25, -0.2) is 15.0 Å². The second kappa shape index (κ2) is 8.74. The molecular weight excluding hydrogens is 458 g/mol. The molecule has 0 aliphatic heterocycles. The normalized spacial score (nSPS) is 11.8. The zero-order chi connectivity index (χ0) is 24.7. The highest BCUT2D eigenvalue weighted by atomic mass is 32.1. The third-order valence-corrected chi connectivity index (χ3v) is 7.28. The van der Waals surface area contributed by atoms with E-state index in [9.17, 15) is 4.79 Å². The zero-order valence-electron chi connectivity index (χ0n) is 20.4. The maximum Gasteiger partial charge on any atom is 0.263 e. The van der Waals surface area contributed by atoms with Crippen molar-refractivity contribution in [3.05, 3.63) is 70.2 Å². The molecule has 0 saturated carbocycles. The molecule has 0 fully saturated rings. The van der Waals surface area contributed by atoms with Crippen molar-refractivity contribution in [2.45, 2.75) is 39.7 Å². The Morgan fingerprint density at radius 3 is 2.63 bits per heavy atom. The fourth-order valence-electron chi connectivity index (χ4n) is 3.90. The average Bonchev–Trinajstić information content (AvgIpc) is 3.56. The fourth-order valence-corrected chi connectivity index (χ4v) is 4.79. The van der Waals surface area contributed by atoms with E-state index in [1.165, 1.54) is 11.3 Å². The predicted molar refractivity (Wildman–Crippen MR) is 138 cm³/mol. The van der Waals surface area contributed by atoms with Crippen molar-refractivity contribution in [2.24, 2.45) is 7.05 Å². The molecule has 0 spiro atoms. The van der Waals surface area contributed by atoms with Crippen molar-refractivity contribution in [2.75, 3.05) is 0 Å². The van der Waals surface area contributed by atoms with Gasteiger partial charge in [-0.05, 0) is 30.2 Å². The van der Waals surface area contributed by atoms with Gasteiger partial charge in [0, 0.05) is 36.3 Å². The molecule has 0 bridgehead atoms. The lowest BCUT2D eigenvalue weighted by atomic mass is 9.98. The van der Waals surface area contributed by atoms with Crippen molar-refractivity contribution < 1.29 is 4.79 Å². The molecular formula is C26H27N7OS. The van der Waals surface area contributed by atoms with Crippen LogP contribution in [0, 0.1) is 6.92 Å². The van der Waals surface area contributed by atoms with Gasteiger partial charge in [-0.3, -0.25) is 9.48 Å². The first kappa shape index (κ1) is 22.9. The number of nitrogens with one attached hydrogen (secondary N) is 2. The summed E-state index contributed by atoms with van der Waals surface area (Å²) in [5, 5.41) is 8.23. The monoisotopic (exact) mass is 485 g/mol. The first-order chi connectivity index (χ1) is 16.7. The van der Waals surface area contributed by atoms with Gasteiger partial charge in [-0.2, -0.15) is 5.10 Å². The number of nitrogens with zero attached hydrogens (tertiary/aromatic N) is 5. The summed E-state index contributed by atoms with van der Waals surface area (Å²) < 4.78 is 1.77. The Balaban J connectivity index is 1.36. The molecule has 35 heavy (non-hydrogen) atoms. The van der Waals surface area contributed by atoms with Crippen LogP contribution in [-0.2, 0) is 19.0 Å². The van der Waals surface area contributed by atoms with E-state index in [4.69, 9.17) is 0 Å². The largest absolute Gasteiger partial charge is 0.351 e. The van der Waals surface area contributed by atoms with Crippen molar-refractivity contribution in [3.63, 3.8) is 0 Å². The molecule has 0 unspecified atom stereocenters. The average molecular weight is 486 g/mol. The first-order valence-corrected chi connectivity index (χ1v) is 12.2. The van der Waals surface area contributed by atoms with Crippen molar-refractivity contribution in [3.8, 4) is 22.5 Å². The molecule has 1 aromatic carbocycles. The lowest BCUT2D eigenvalue weighted by molar-refractivity contribution is 0.0954. The van der Waals surface area contributed by atoms with Crippen molar-refractivity contribution in [1.82, 2.24) is 35.0 Å². The zero-order valence-corrected chi connectivity index (χ0v) is 21.2. The molecule has 9 heteroatoms. The van der Waals surface area contributed by atoms with Gasteiger partial charge >= 0.3 is 0 Å². The van der Waals surface area contributed by atoms with E-state index < -0.39 is 0 Å². The minimum Gasteiger partial charge on any atom is -0.351 e. The molecule has 5 aromatic rings. The van der Waals surface area contributed by atoms with Gasteiger partial charge in [0.05, 0.1) is 39.8 Å². The number of hydrogen-bond acceptors (Lipinski definition) is 6. The Labute approximate surface area is 207 Å². The summed E-state index contributed by atoms with van der Waals surface area (Å²) in [5.41, 5.74) is 7.56. The molecule has 0 aliphatic carbocycles.